The molecule has 0 saturated carbocycles. The SMILES string of the molecule is C=C.O=C(O)OOCC(F)(F)F. The van der Waals surface area contributed by atoms with Crippen LogP contribution in [0.3, 0.4) is 0 Å². The van der Waals surface area contributed by atoms with Crippen LogP contribution in [0.4, 0.5) is 18.0 Å². The fourth-order valence-corrected chi connectivity index (χ4v) is 0.147. The monoisotopic (exact) mass is 188 g/mol. The standard InChI is InChI=1S/C3H3F3O4.C2H4/c4-3(5,6)1-9-10-2(7)8;1-2/h1H2,(H,7,8);1-2H2. The van der Waals surface area contributed by atoms with Gasteiger partial charge < -0.3 is 5.11 Å². The van der Waals surface area contributed by atoms with Gasteiger partial charge in [0.05, 0.1) is 0 Å². The highest BCUT2D eigenvalue weighted by Gasteiger charge is 2.29. The molecule has 0 aliphatic carbocycles. The van der Waals surface area contributed by atoms with E-state index in [9.17, 15) is 18.0 Å². The lowest BCUT2D eigenvalue weighted by molar-refractivity contribution is -0.308. The first-order valence-corrected chi connectivity index (χ1v) is 2.51. The Balaban J connectivity index is 0. The maximum atomic E-state index is 11.1. The second kappa shape index (κ2) is 6.47. The molecular weight excluding hydrogens is 181 g/mol. The van der Waals surface area contributed by atoms with Crippen molar-refractivity contribution in [1.82, 2.24) is 0 Å². The maximum absolute atomic E-state index is 11.1. The summed E-state index contributed by atoms with van der Waals surface area (Å²) in [5.41, 5.74) is 0. The van der Waals surface area contributed by atoms with Crippen molar-refractivity contribution >= 4 is 6.16 Å². The lowest BCUT2D eigenvalue weighted by Gasteiger charge is -2.02. The third-order valence-corrected chi connectivity index (χ3v) is 0.353. The molecule has 0 aromatic rings. The lowest BCUT2D eigenvalue weighted by Crippen LogP contribution is -2.18. The highest BCUT2D eigenvalue weighted by molar-refractivity contribution is 5.55. The summed E-state index contributed by atoms with van der Waals surface area (Å²) >= 11 is 0. The molecule has 0 aliphatic heterocycles. The summed E-state index contributed by atoms with van der Waals surface area (Å²) < 4.78 is 33.3. The van der Waals surface area contributed by atoms with Crippen molar-refractivity contribution in [3.8, 4) is 0 Å². The summed E-state index contributed by atoms with van der Waals surface area (Å²) in [5.74, 6) is 0. The van der Waals surface area contributed by atoms with Crippen molar-refractivity contribution in [2.45, 2.75) is 6.18 Å². The summed E-state index contributed by atoms with van der Waals surface area (Å²) in [6.45, 7) is 4.26. The Labute approximate surface area is 66.1 Å². The first-order chi connectivity index (χ1) is 5.42. The van der Waals surface area contributed by atoms with Crippen LogP contribution in [0.15, 0.2) is 13.2 Å². The van der Waals surface area contributed by atoms with Crippen molar-refractivity contribution < 1.29 is 32.8 Å². The molecule has 0 aromatic carbocycles. The first kappa shape index (κ1) is 13.4. The average Bonchev–Trinajstić information content (AvgIpc) is 1.88. The molecule has 1 N–H and O–H groups in total. The van der Waals surface area contributed by atoms with Crippen LogP contribution in [0.25, 0.3) is 0 Å². The molecule has 72 valence electrons. The number of rotatable bonds is 2. The van der Waals surface area contributed by atoms with Crippen LogP contribution in [0.2, 0.25) is 0 Å². The minimum atomic E-state index is -4.57. The molecule has 0 aromatic heterocycles. The van der Waals surface area contributed by atoms with Crippen LogP contribution in [-0.4, -0.2) is 24.0 Å². The van der Waals surface area contributed by atoms with E-state index >= 15 is 0 Å². The van der Waals surface area contributed by atoms with Gasteiger partial charge in [0.1, 0.15) is 0 Å². The molecule has 0 aliphatic rings. The third-order valence-electron chi connectivity index (χ3n) is 0.353. The molecule has 0 atom stereocenters. The normalized spacial score (nSPS) is 9.58. The molecule has 0 radical (unpaired) electrons. The molecular formula is C5H7F3O4. The molecule has 0 fully saturated rings. The fourth-order valence-electron chi connectivity index (χ4n) is 0.147. The summed E-state index contributed by atoms with van der Waals surface area (Å²) in [7, 11) is 0. The Morgan fingerprint density at radius 2 is 1.83 bits per heavy atom. The quantitative estimate of drug-likeness (QED) is 0.409. The molecule has 0 unspecified atom stereocenters. The number of carbonyl (C=O) groups is 1. The van der Waals surface area contributed by atoms with Crippen LogP contribution in [-0.2, 0) is 9.78 Å². The fraction of sp³-hybridized carbons (Fsp3) is 0.400. The van der Waals surface area contributed by atoms with E-state index in [1.54, 1.807) is 0 Å². The van der Waals surface area contributed by atoms with E-state index in [0.29, 0.717) is 0 Å². The largest absolute Gasteiger partial charge is 0.537 e. The molecule has 0 heterocycles. The Morgan fingerprint density at radius 3 is 2.08 bits per heavy atom. The first-order valence-electron chi connectivity index (χ1n) is 2.51. The number of carboxylic acid groups (broad SMARTS) is 1. The van der Waals surface area contributed by atoms with Crippen molar-refractivity contribution in [2.24, 2.45) is 0 Å². The van der Waals surface area contributed by atoms with Crippen molar-refractivity contribution in [2.75, 3.05) is 6.61 Å². The smallest absolute Gasteiger partial charge is 0.448 e. The summed E-state index contributed by atoms with van der Waals surface area (Å²) in [6.07, 6.45) is -6.49. The predicted molar refractivity (Wildman–Crippen MR) is 32.4 cm³/mol. The van der Waals surface area contributed by atoms with Gasteiger partial charge in [0.15, 0.2) is 6.61 Å². The summed E-state index contributed by atoms with van der Waals surface area (Å²) in [6, 6.07) is 0. The van der Waals surface area contributed by atoms with Gasteiger partial charge in [-0.2, -0.15) is 18.1 Å². The highest BCUT2D eigenvalue weighted by Crippen LogP contribution is 2.14. The van der Waals surface area contributed by atoms with Crippen LogP contribution < -0.4 is 0 Å². The van der Waals surface area contributed by atoms with E-state index in [1.165, 1.54) is 0 Å². The van der Waals surface area contributed by atoms with Crippen LogP contribution in [0.1, 0.15) is 0 Å². The van der Waals surface area contributed by atoms with E-state index in [2.05, 4.69) is 22.9 Å². The van der Waals surface area contributed by atoms with Gasteiger partial charge in [0, 0.05) is 0 Å². The average molecular weight is 188 g/mol. The van der Waals surface area contributed by atoms with Crippen LogP contribution in [0, 0.1) is 0 Å². The van der Waals surface area contributed by atoms with Gasteiger partial charge in [0.2, 0.25) is 0 Å². The second-order valence-corrected chi connectivity index (χ2v) is 1.23. The van der Waals surface area contributed by atoms with Gasteiger partial charge in [-0.3, -0.25) is 4.89 Å². The Bertz CT molecular complexity index is 133. The topological polar surface area (TPSA) is 55.8 Å². The Morgan fingerprint density at radius 1 is 1.42 bits per heavy atom. The lowest BCUT2D eigenvalue weighted by atomic mass is 10.7. The van der Waals surface area contributed by atoms with Gasteiger partial charge in [0.25, 0.3) is 0 Å². The number of halogens is 3. The number of alkyl halides is 3. The summed E-state index contributed by atoms with van der Waals surface area (Å²) in [5, 5.41) is 7.60. The number of hydrogen-bond donors (Lipinski definition) is 1. The zero-order valence-corrected chi connectivity index (χ0v) is 5.93. The number of hydrogen-bond acceptors (Lipinski definition) is 3. The maximum Gasteiger partial charge on any atom is 0.537 e. The molecule has 4 nitrogen and oxygen atoms in total. The van der Waals surface area contributed by atoms with E-state index in [-0.39, 0.29) is 0 Å². The van der Waals surface area contributed by atoms with Gasteiger partial charge >= 0.3 is 12.3 Å². The second-order valence-electron chi connectivity index (χ2n) is 1.23. The minimum Gasteiger partial charge on any atom is -0.448 e. The van der Waals surface area contributed by atoms with Crippen molar-refractivity contribution in [3.63, 3.8) is 0 Å². The molecule has 12 heavy (non-hydrogen) atoms. The Kier molecular flexibility index (Phi) is 7.20. The molecule has 0 bridgehead atoms. The van der Waals surface area contributed by atoms with Gasteiger partial charge in [-0.05, 0) is 0 Å². The molecule has 0 saturated heterocycles. The minimum absolute atomic E-state index is 1.74. The predicted octanol–water partition coefficient (Wildman–Crippen LogP) is 1.98. The van der Waals surface area contributed by atoms with Crippen LogP contribution >= 0.6 is 0 Å². The van der Waals surface area contributed by atoms with E-state index < -0.39 is 18.9 Å². The van der Waals surface area contributed by atoms with Gasteiger partial charge in [-0.1, -0.05) is 0 Å². The van der Waals surface area contributed by atoms with E-state index in [0.717, 1.165) is 0 Å². The van der Waals surface area contributed by atoms with Gasteiger partial charge in [-0.15, -0.1) is 13.2 Å². The third kappa shape index (κ3) is 15.9. The summed E-state index contributed by atoms with van der Waals surface area (Å²) in [4.78, 5) is 15.7. The molecule has 0 rings (SSSR count). The zero-order valence-electron chi connectivity index (χ0n) is 5.93. The van der Waals surface area contributed by atoms with Gasteiger partial charge in [-0.25, -0.2) is 4.79 Å². The molecule has 0 spiro atoms. The van der Waals surface area contributed by atoms with Crippen LogP contribution in [0.5, 0.6) is 0 Å². The van der Waals surface area contributed by atoms with Crippen molar-refractivity contribution in [1.29, 1.82) is 0 Å². The Hall–Kier alpha value is -1.24. The molecule has 0 amide bonds. The van der Waals surface area contributed by atoms with Crippen molar-refractivity contribution in [3.05, 3.63) is 13.2 Å². The van der Waals surface area contributed by atoms with E-state index in [1.807, 2.05) is 0 Å². The zero-order chi connectivity index (χ0) is 10.2. The highest BCUT2D eigenvalue weighted by atomic mass is 19.4. The van der Waals surface area contributed by atoms with E-state index in [4.69, 9.17) is 5.11 Å². The molecule has 7 heteroatoms.